The minimum atomic E-state index is 0. The third-order valence-electron chi connectivity index (χ3n) is 0.707. The molecular weight excluding hydrogens is 71.0 g/mol. The van der Waals surface area contributed by atoms with Crippen LogP contribution in [0.5, 0.6) is 0 Å². The van der Waals surface area contributed by atoms with Crippen LogP contribution in [0, 0.1) is 0 Å². The molecule has 0 aromatic rings. The van der Waals surface area contributed by atoms with Crippen LogP contribution in [0.2, 0.25) is 5.09 Å². The first-order valence-corrected chi connectivity index (χ1v) is 2.41. The van der Waals surface area contributed by atoms with Gasteiger partial charge < -0.3 is 5.48 Å². The first-order chi connectivity index (χ1) is 2.41. The Hall–Kier alpha value is 0.557. The van der Waals surface area contributed by atoms with E-state index in [1.54, 1.807) is 0 Å². The van der Waals surface area contributed by atoms with Crippen molar-refractivity contribution in [1.29, 1.82) is 0 Å². The van der Waals surface area contributed by atoms with Crippen LogP contribution >= 0.6 is 0 Å². The van der Waals surface area contributed by atoms with E-state index < -0.39 is 0 Å². The molecule has 2 heteroatoms. The molecule has 0 rings (SSSR count). The van der Waals surface area contributed by atoms with Crippen molar-refractivity contribution in [3.05, 3.63) is 0 Å². The van der Waals surface area contributed by atoms with Crippen LogP contribution in [0.3, 0.4) is 0 Å². The van der Waals surface area contributed by atoms with Crippen molar-refractivity contribution >= 4 is 17.7 Å². The van der Waals surface area contributed by atoms with Gasteiger partial charge in [-0.15, -0.1) is 0 Å². The fourth-order valence-corrected chi connectivity index (χ4v) is 0.354. The molecule has 0 atom stereocenters. The molecule has 2 N–H and O–H groups in total. The summed E-state index contributed by atoms with van der Waals surface area (Å²) < 4.78 is 0. The zero-order chi connectivity index (χ0) is 4.12. The van der Waals surface area contributed by atoms with E-state index in [1.807, 2.05) is 0 Å². The Bertz CT molecular complexity index is 15.0. The van der Waals surface area contributed by atoms with Crippen LogP contribution in [0.15, 0.2) is 0 Å². The number of hydrogen-bond acceptors (Lipinski definition) is 0. The molecule has 0 aromatic carbocycles. The molecular formula is C4H11LiO. The van der Waals surface area contributed by atoms with Gasteiger partial charge in [-0.25, -0.2) is 0 Å². The molecule has 34 valence electrons. The quantitative estimate of drug-likeness (QED) is 0.435. The Morgan fingerprint density at radius 2 is 2.00 bits per heavy atom. The second kappa shape index (κ2) is 9.12. The van der Waals surface area contributed by atoms with Crippen molar-refractivity contribution in [3.63, 3.8) is 0 Å². The molecule has 0 heterocycles. The van der Waals surface area contributed by atoms with Gasteiger partial charge in [-0.3, -0.25) is 0 Å². The standard InChI is InChI=1S/C4H9.Li.H2O/c1-3-4-2;;/h1,3-4H2,2H3;;1H2. The number of hydrogen-bond donors (Lipinski definition) is 0. The molecule has 1 nitrogen and oxygen atoms in total. The van der Waals surface area contributed by atoms with E-state index >= 15 is 0 Å². The summed E-state index contributed by atoms with van der Waals surface area (Å²) in [6.45, 7) is 2.21. The van der Waals surface area contributed by atoms with Gasteiger partial charge in [0.15, 0.2) is 0 Å². The zero-order valence-corrected chi connectivity index (χ0v) is 4.62. The SMILES string of the molecule is O.[Li][CH2]CCC. The van der Waals surface area contributed by atoms with E-state index in [0.29, 0.717) is 0 Å². The zero-order valence-electron chi connectivity index (χ0n) is 4.62. The van der Waals surface area contributed by atoms with Crippen molar-refractivity contribution in [3.8, 4) is 0 Å². The molecule has 0 saturated heterocycles. The maximum atomic E-state index is 2.21. The van der Waals surface area contributed by atoms with Gasteiger partial charge >= 0.3 is 42.6 Å². The number of unbranched alkanes of at least 4 members (excludes halogenated alkanes) is 1. The maximum absolute atomic E-state index is 2.21. The van der Waals surface area contributed by atoms with Crippen LogP contribution in [0.1, 0.15) is 19.8 Å². The van der Waals surface area contributed by atoms with Gasteiger partial charge in [-0.05, 0) is 0 Å². The van der Waals surface area contributed by atoms with Crippen molar-refractivity contribution in [1.82, 2.24) is 0 Å². The third-order valence-corrected chi connectivity index (χ3v) is 0.707. The fourth-order valence-electron chi connectivity index (χ4n) is 0.354. The second-order valence-electron chi connectivity index (χ2n) is 1.35. The van der Waals surface area contributed by atoms with Gasteiger partial charge in [-0.2, -0.15) is 0 Å². The van der Waals surface area contributed by atoms with Gasteiger partial charge in [0.25, 0.3) is 0 Å². The van der Waals surface area contributed by atoms with E-state index in [2.05, 4.69) is 24.6 Å². The minimum absolute atomic E-state index is 0. The van der Waals surface area contributed by atoms with Gasteiger partial charge in [-0.1, -0.05) is 0 Å². The Balaban J connectivity index is 0. The predicted molar refractivity (Wildman–Crippen MR) is 29.1 cm³/mol. The van der Waals surface area contributed by atoms with Crippen LogP contribution in [-0.4, -0.2) is 23.2 Å². The molecule has 0 bridgehead atoms. The van der Waals surface area contributed by atoms with Crippen molar-refractivity contribution in [2.24, 2.45) is 0 Å². The van der Waals surface area contributed by atoms with Crippen LogP contribution < -0.4 is 0 Å². The summed E-state index contributed by atoms with van der Waals surface area (Å²) in [6.07, 6.45) is 2.73. The first-order valence-electron chi connectivity index (χ1n) is 2.41. The van der Waals surface area contributed by atoms with E-state index in [-0.39, 0.29) is 5.48 Å². The molecule has 0 amide bonds. The molecule has 0 aromatic heterocycles. The number of rotatable bonds is 2. The monoisotopic (exact) mass is 82.1 g/mol. The van der Waals surface area contributed by atoms with Gasteiger partial charge in [0, 0.05) is 0 Å². The molecule has 0 aliphatic rings. The topological polar surface area (TPSA) is 31.5 Å². The molecule has 0 radical (unpaired) electrons. The van der Waals surface area contributed by atoms with Crippen molar-refractivity contribution < 1.29 is 5.48 Å². The normalized spacial score (nSPS) is 7.17. The third kappa shape index (κ3) is 8.82. The summed E-state index contributed by atoms with van der Waals surface area (Å²) in [5.41, 5.74) is 0. The van der Waals surface area contributed by atoms with Crippen LogP contribution in [-0.2, 0) is 0 Å². The molecule has 0 unspecified atom stereocenters. The fraction of sp³-hybridized carbons (Fsp3) is 1.00. The first kappa shape index (κ1) is 9.75. The molecule has 0 aliphatic heterocycles. The van der Waals surface area contributed by atoms with Crippen LogP contribution in [0.25, 0.3) is 0 Å². The molecule has 0 spiro atoms. The van der Waals surface area contributed by atoms with E-state index in [9.17, 15) is 0 Å². The van der Waals surface area contributed by atoms with Gasteiger partial charge in [0.1, 0.15) is 0 Å². The van der Waals surface area contributed by atoms with E-state index in [0.717, 1.165) is 0 Å². The van der Waals surface area contributed by atoms with E-state index in [1.165, 1.54) is 17.9 Å². The summed E-state index contributed by atoms with van der Waals surface area (Å²) in [5.74, 6) is 0. The van der Waals surface area contributed by atoms with Gasteiger partial charge in [0.2, 0.25) is 0 Å². The van der Waals surface area contributed by atoms with E-state index in [4.69, 9.17) is 0 Å². The van der Waals surface area contributed by atoms with Crippen LogP contribution in [0.4, 0.5) is 0 Å². The summed E-state index contributed by atoms with van der Waals surface area (Å²) in [5, 5.41) is 1.34. The molecule has 0 fully saturated rings. The Morgan fingerprint density at radius 1 is 1.50 bits per heavy atom. The van der Waals surface area contributed by atoms with Crippen molar-refractivity contribution in [2.75, 3.05) is 0 Å². The molecule has 6 heavy (non-hydrogen) atoms. The van der Waals surface area contributed by atoms with Gasteiger partial charge in [0.05, 0.1) is 0 Å². The second-order valence-corrected chi connectivity index (χ2v) is 1.35. The summed E-state index contributed by atoms with van der Waals surface area (Å²) in [4.78, 5) is 0. The Kier molecular flexibility index (Phi) is 14.8. The molecule has 0 saturated carbocycles. The average molecular weight is 82.1 g/mol. The average Bonchev–Trinajstić information content (AvgIpc) is 1.41. The Morgan fingerprint density at radius 3 is 2.00 bits per heavy atom. The summed E-state index contributed by atoms with van der Waals surface area (Å²) in [6, 6.07) is 0. The molecule has 0 aliphatic carbocycles. The predicted octanol–water partition coefficient (Wildman–Crippen LogP) is 0.549. The summed E-state index contributed by atoms with van der Waals surface area (Å²) >= 11 is 2.21. The Labute approximate surface area is 48.6 Å². The summed E-state index contributed by atoms with van der Waals surface area (Å²) in [7, 11) is 0. The van der Waals surface area contributed by atoms with Crippen molar-refractivity contribution in [2.45, 2.75) is 24.9 Å².